The fourth-order valence-electron chi connectivity index (χ4n) is 4.34. The van der Waals surface area contributed by atoms with Gasteiger partial charge in [0, 0.05) is 37.8 Å². The number of morpholine rings is 1. The highest BCUT2D eigenvalue weighted by Crippen LogP contribution is 2.19. The van der Waals surface area contributed by atoms with Gasteiger partial charge < -0.3 is 24.7 Å². The normalized spacial score (nSPS) is 15.0. The third kappa shape index (κ3) is 6.81. The van der Waals surface area contributed by atoms with Gasteiger partial charge in [-0.2, -0.15) is 0 Å². The monoisotopic (exact) mass is 494 g/mol. The Balaban J connectivity index is 1.50. The molecule has 0 unspecified atom stereocenters. The second kappa shape index (κ2) is 12.2. The van der Waals surface area contributed by atoms with Crippen molar-refractivity contribution in [2.24, 2.45) is 0 Å². The summed E-state index contributed by atoms with van der Waals surface area (Å²) < 4.78 is 10.8. The summed E-state index contributed by atoms with van der Waals surface area (Å²) in [6.45, 7) is 7.76. The van der Waals surface area contributed by atoms with E-state index in [0.717, 1.165) is 56.7 Å². The Bertz CT molecular complexity index is 1180. The molecule has 7 nitrogen and oxygen atoms in total. The fourth-order valence-corrected chi connectivity index (χ4v) is 4.67. The summed E-state index contributed by atoms with van der Waals surface area (Å²) in [6, 6.07) is 18.0. The summed E-state index contributed by atoms with van der Waals surface area (Å²) in [7, 11) is 1.62. The van der Waals surface area contributed by atoms with E-state index in [1.807, 2.05) is 42.5 Å². The zero-order valence-electron chi connectivity index (χ0n) is 20.5. The van der Waals surface area contributed by atoms with Gasteiger partial charge >= 0.3 is 0 Å². The number of benzene rings is 2. The number of aromatic nitrogens is 1. The van der Waals surface area contributed by atoms with E-state index >= 15 is 0 Å². The summed E-state index contributed by atoms with van der Waals surface area (Å²) in [4.78, 5) is 20.5. The average Bonchev–Trinajstić information content (AvgIpc) is 2.89. The van der Waals surface area contributed by atoms with Crippen LogP contribution in [0.5, 0.6) is 5.75 Å². The molecule has 1 atom stereocenters. The predicted molar refractivity (Wildman–Crippen MR) is 144 cm³/mol. The standard InChI is InChI=1S/C27H34N4O3S/c1-20(21-7-4-3-5-8-21)28-27(35)31(12-6-11-30-13-15-34-16-14-30)19-23-17-22-9-10-24(33-2)18-25(22)29-26(23)32/h3-5,7-10,17-18,20H,6,11-16,19H2,1-2H3,(H,28,35)(H,29,32)/t20-/m1/s1. The maximum atomic E-state index is 12.9. The highest BCUT2D eigenvalue weighted by atomic mass is 32.1. The van der Waals surface area contributed by atoms with Crippen molar-refractivity contribution >= 4 is 28.2 Å². The van der Waals surface area contributed by atoms with Crippen LogP contribution in [0.25, 0.3) is 10.9 Å². The predicted octanol–water partition coefficient (Wildman–Crippen LogP) is 3.70. The van der Waals surface area contributed by atoms with Gasteiger partial charge in [0.1, 0.15) is 5.75 Å². The molecule has 0 saturated carbocycles. The number of nitrogens with zero attached hydrogens (tertiary/aromatic N) is 2. The van der Waals surface area contributed by atoms with E-state index in [-0.39, 0.29) is 11.6 Å². The maximum absolute atomic E-state index is 12.9. The summed E-state index contributed by atoms with van der Waals surface area (Å²) in [5.41, 5.74) is 2.50. The molecule has 1 aromatic heterocycles. The number of pyridine rings is 1. The van der Waals surface area contributed by atoms with E-state index in [4.69, 9.17) is 21.7 Å². The first kappa shape index (κ1) is 25.2. The van der Waals surface area contributed by atoms with Gasteiger partial charge in [-0.1, -0.05) is 30.3 Å². The lowest BCUT2D eigenvalue weighted by atomic mass is 10.1. The Morgan fingerprint density at radius 3 is 2.71 bits per heavy atom. The number of nitrogens with one attached hydrogen (secondary N) is 2. The molecule has 4 rings (SSSR count). The molecule has 0 spiro atoms. The zero-order valence-corrected chi connectivity index (χ0v) is 21.3. The molecule has 0 bridgehead atoms. The zero-order chi connectivity index (χ0) is 24.6. The minimum absolute atomic E-state index is 0.0628. The molecule has 1 aliphatic rings. The number of hydrogen-bond acceptors (Lipinski definition) is 5. The molecule has 0 amide bonds. The van der Waals surface area contributed by atoms with Gasteiger partial charge in [-0.3, -0.25) is 9.69 Å². The first-order chi connectivity index (χ1) is 17.0. The summed E-state index contributed by atoms with van der Waals surface area (Å²) in [5, 5.41) is 5.09. The second-order valence-corrected chi connectivity index (χ2v) is 9.27. The minimum Gasteiger partial charge on any atom is -0.497 e. The van der Waals surface area contributed by atoms with E-state index in [1.54, 1.807) is 7.11 Å². The van der Waals surface area contributed by atoms with Crippen LogP contribution in [0.3, 0.4) is 0 Å². The Morgan fingerprint density at radius 1 is 1.20 bits per heavy atom. The van der Waals surface area contributed by atoms with E-state index < -0.39 is 0 Å². The molecule has 2 heterocycles. The number of H-pyrrole nitrogens is 1. The van der Waals surface area contributed by atoms with Crippen molar-refractivity contribution < 1.29 is 9.47 Å². The molecule has 2 N–H and O–H groups in total. The number of fused-ring (bicyclic) bond motifs is 1. The summed E-state index contributed by atoms with van der Waals surface area (Å²) >= 11 is 5.85. The summed E-state index contributed by atoms with van der Waals surface area (Å²) in [6.07, 6.45) is 0.949. The Morgan fingerprint density at radius 2 is 1.97 bits per heavy atom. The molecule has 1 fully saturated rings. The van der Waals surface area contributed by atoms with E-state index in [9.17, 15) is 4.79 Å². The van der Waals surface area contributed by atoms with Gasteiger partial charge in [-0.25, -0.2) is 0 Å². The van der Waals surface area contributed by atoms with Gasteiger partial charge in [0.25, 0.3) is 5.56 Å². The molecule has 186 valence electrons. The van der Waals surface area contributed by atoms with Crippen LogP contribution in [0.4, 0.5) is 0 Å². The molecule has 8 heteroatoms. The van der Waals surface area contributed by atoms with Crippen molar-refractivity contribution in [1.82, 2.24) is 20.1 Å². The molecule has 3 aromatic rings. The van der Waals surface area contributed by atoms with Crippen LogP contribution in [0.2, 0.25) is 0 Å². The highest BCUT2D eigenvalue weighted by Gasteiger charge is 2.17. The quantitative estimate of drug-likeness (QED) is 0.440. The van der Waals surface area contributed by atoms with Crippen molar-refractivity contribution in [3.8, 4) is 5.75 Å². The smallest absolute Gasteiger partial charge is 0.253 e. The van der Waals surface area contributed by atoms with Gasteiger partial charge in [-0.05, 0) is 54.7 Å². The molecule has 2 aromatic carbocycles. The van der Waals surface area contributed by atoms with Crippen LogP contribution in [-0.4, -0.2) is 66.4 Å². The lowest BCUT2D eigenvalue weighted by molar-refractivity contribution is 0.0367. The Kier molecular flexibility index (Phi) is 8.74. The topological polar surface area (TPSA) is 69.8 Å². The van der Waals surface area contributed by atoms with E-state index in [1.165, 1.54) is 5.56 Å². The minimum atomic E-state index is -0.108. The molecular weight excluding hydrogens is 460 g/mol. The lowest BCUT2D eigenvalue weighted by Gasteiger charge is -2.30. The van der Waals surface area contributed by atoms with Crippen LogP contribution in [0.15, 0.2) is 59.4 Å². The van der Waals surface area contributed by atoms with Crippen molar-refractivity contribution in [2.75, 3.05) is 46.5 Å². The fraction of sp³-hybridized carbons (Fsp3) is 0.407. The van der Waals surface area contributed by atoms with Gasteiger partial charge in [0.05, 0.1) is 38.4 Å². The number of rotatable bonds is 9. The number of methoxy groups -OCH3 is 1. The van der Waals surface area contributed by atoms with Gasteiger partial charge in [0.2, 0.25) is 0 Å². The lowest BCUT2D eigenvalue weighted by Crippen LogP contribution is -2.43. The third-order valence-corrected chi connectivity index (χ3v) is 6.80. The van der Waals surface area contributed by atoms with Crippen LogP contribution >= 0.6 is 12.2 Å². The first-order valence-corrected chi connectivity index (χ1v) is 12.5. The number of aromatic amines is 1. The third-order valence-electron chi connectivity index (χ3n) is 6.42. The van der Waals surface area contributed by atoms with Crippen molar-refractivity contribution in [2.45, 2.75) is 25.9 Å². The Hall–Kier alpha value is -2.94. The number of ether oxygens (including phenoxy) is 2. The first-order valence-electron chi connectivity index (χ1n) is 12.1. The molecule has 1 aliphatic heterocycles. The van der Waals surface area contributed by atoms with E-state index in [0.29, 0.717) is 23.0 Å². The molecular formula is C27H34N4O3S. The summed E-state index contributed by atoms with van der Waals surface area (Å²) in [5.74, 6) is 0.714. The molecule has 0 aliphatic carbocycles. The van der Waals surface area contributed by atoms with Crippen LogP contribution in [0.1, 0.15) is 30.5 Å². The van der Waals surface area contributed by atoms with Crippen molar-refractivity contribution in [1.29, 1.82) is 0 Å². The van der Waals surface area contributed by atoms with E-state index in [2.05, 4.69) is 39.2 Å². The number of hydrogen-bond donors (Lipinski definition) is 2. The van der Waals surface area contributed by atoms with Crippen LogP contribution < -0.4 is 15.6 Å². The van der Waals surface area contributed by atoms with Crippen LogP contribution in [-0.2, 0) is 11.3 Å². The molecule has 1 saturated heterocycles. The molecule has 35 heavy (non-hydrogen) atoms. The van der Waals surface area contributed by atoms with Crippen molar-refractivity contribution in [3.63, 3.8) is 0 Å². The van der Waals surface area contributed by atoms with Crippen LogP contribution in [0, 0.1) is 0 Å². The SMILES string of the molecule is COc1ccc2cc(CN(CCCN3CCOCC3)C(=S)N[C@H](C)c3ccccc3)c(=O)[nH]c2c1. The molecule has 0 radical (unpaired) electrons. The second-order valence-electron chi connectivity index (χ2n) is 8.89. The van der Waals surface area contributed by atoms with Gasteiger partial charge in [0.15, 0.2) is 5.11 Å². The largest absolute Gasteiger partial charge is 0.497 e. The van der Waals surface area contributed by atoms with Gasteiger partial charge in [-0.15, -0.1) is 0 Å². The number of thiocarbonyl (C=S) groups is 1. The Labute approximate surface area is 212 Å². The maximum Gasteiger partial charge on any atom is 0.253 e. The van der Waals surface area contributed by atoms with Crippen molar-refractivity contribution in [3.05, 3.63) is 76.1 Å². The average molecular weight is 495 g/mol. The highest BCUT2D eigenvalue weighted by molar-refractivity contribution is 7.80.